The fraction of sp³-hybridized carbons (Fsp3) is 0.294. The Morgan fingerprint density at radius 2 is 1.63 bits per heavy atom. The summed E-state index contributed by atoms with van der Waals surface area (Å²) in [5.41, 5.74) is 8.74. The van der Waals surface area contributed by atoms with Gasteiger partial charge in [0.2, 0.25) is 0 Å². The van der Waals surface area contributed by atoms with Crippen molar-refractivity contribution < 1.29 is 0 Å². The van der Waals surface area contributed by atoms with E-state index in [9.17, 15) is 0 Å². The van der Waals surface area contributed by atoms with Crippen LogP contribution < -0.4 is 5.43 Å². The van der Waals surface area contributed by atoms with E-state index >= 15 is 0 Å². The molecular weight excluding hydrogens is 232 g/mol. The molecule has 0 fully saturated rings. The van der Waals surface area contributed by atoms with Crippen molar-refractivity contribution in [3.05, 3.63) is 70.8 Å². The van der Waals surface area contributed by atoms with Crippen LogP contribution in [0.15, 0.2) is 48.5 Å². The number of hydrazine groups is 1. The van der Waals surface area contributed by atoms with Gasteiger partial charge >= 0.3 is 0 Å². The fourth-order valence-corrected chi connectivity index (χ4v) is 2.38. The average Bonchev–Trinajstić information content (AvgIpc) is 2.37. The van der Waals surface area contributed by atoms with Crippen LogP contribution in [0, 0.1) is 13.8 Å². The molecule has 2 rings (SSSR count). The van der Waals surface area contributed by atoms with E-state index in [0.29, 0.717) is 0 Å². The molecular formula is C17H22N2. The molecule has 0 saturated heterocycles. The average molecular weight is 254 g/mol. The Balaban J connectivity index is 2.43. The Morgan fingerprint density at radius 1 is 0.947 bits per heavy atom. The van der Waals surface area contributed by atoms with E-state index in [-0.39, 0.29) is 6.04 Å². The number of hydrogen-bond donors (Lipinski definition) is 1. The van der Waals surface area contributed by atoms with E-state index in [2.05, 4.69) is 67.8 Å². The Labute approximate surface area is 116 Å². The SMILES string of the molecule is Cc1ccc(C(NN(C)C)c2ccccc2)c(C)c1. The van der Waals surface area contributed by atoms with Crippen LogP contribution >= 0.6 is 0 Å². The lowest BCUT2D eigenvalue weighted by Gasteiger charge is -2.25. The fourth-order valence-electron chi connectivity index (χ4n) is 2.38. The van der Waals surface area contributed by atoms with Gasteiger partial charge in [0.1, 0.15) is 0 Å². The summed E-state index contributed by atoms with van der Waals surface area (Å²) in [6, 6.07) is 17.4. The smallest absolute Gasteiger partial charge is 0.0717 e. The predicted octanol–water partition coefficient (Wildman–Crippen LogP) is 3.46. The van der Waals surface area contributed by atoms with Crippen molar-refractivity contribution in [2.45, 2.75) is 19.9 Å². The summed E-state index contributed by atoms with van der Waals surface area (Å²) in [5.74, 6) is 0. The molecule has 0 amide bonds. The highest BCUT2D eigenvalue weighted by atomic mass is 15.5. The maximum absolute atomic E-state index is 3.51. The molecule has 0 aliphatic carbocycles. The van der Waals surface area contributed by atoms with Crippen LogP contribution in [0.2, 0.25) is 0 Å². The van der Waals surface area contributed by atoms with Crippen molar-refractivity contribution in [2.24, 2.45) is 0 Å². The number of hydrogen-bond acceptors (Lipinski definition) is 2. The molecule has 0 aromatic heterocycles. The number of nitrogens with zero attached hydrogens (tertiary/aromatic N) is 1. The van der Waals surface area contributed by atoms with Gasteiger partial charge in [-0.3, -0.25) is 0 Å². The highest BCUT2D eigenvalue weighted by molar-refractivity contribution is 5.38. The van der Waals surface area contributed by atoms with Gasteiger partial charge in [-0.05, 0) is 30.5 Å². The summed E-state index contributed by atoms with van der Waals surface area (Å²) in [7, 11) is 4.05. The number of rotatable bonds is 4. The van der Waals surface area contributed by atoms with Gasteiger partial charge in [-0.25, -0.2) is 10.4 Å². The first-order valence-electron chi connectivity index (χ1n) is 6.63. The number of aryl methyl sites for hydroxylation is 2. The van der Waals surface area contributed by atoms with Crippen molar-refractivity contribution in [3.63, 3.8) is 0 Å². The molecule has 2 heteroatoms. The molecule has 100 valence electrons. The third-order valence-corrected chi connectivity index (χ3v) is 3.26. The molecule has 1 unspecified atom stereocenters. The minimum atomic E-state index is 0.191. The van der Waals surface area contributed by atoms with E-state index < -0.39 is 0 Å². The standard InChI is InChI=1S/C17H22N2/c1-13-10-11-16(14(2)12-13)17(18-19(3)4)15-8-6-5-7-9-15/h5-12,17-18H,1-4H3. The minimum absolute atomic E-state index is 0.191. The molecule has 2 aromatic carbocycles. The minimum Gasteiger partial charge on any atom is -0.250 e. The molecule has 0 aliphatic rings. The topological polar surface area (TPSA) is 15.3 Å². The van der Waals surface area contributed by atoms with Crippen LogP contribution in [-0.4, -0.2) is 19.1 Å². The quantitative estimate of drug-likeness (QED) is 0.841. The summed E-state index contributed by atoms with van der Waals surface area (Å²) >= 11 is 0. The maximum atomic E-state index is 3.51. The first-order chi connectivity index (χ1) is 9.08. The van der Waals surface area contributed by atoms with Crippen LogP contribution in [0.5, 0.6) is 0 Å². The zero-order chi connectivity index (χ0) is 13.8. The first kappa shape index (κ1) is 13.8. The van der Waals surface area contributed by atoms with E-state index in [0.717, 1.165) is 0 Å². The second-order valence-electron chi connectivity index (χ2n) is 5.23. The zero-order valence-electron chi connectivity index (χ0n) is 12.1. The van der Waals surface area contributed by atoms with Crippen LogP contribution in [0.25, 0.3) is 0 Å². The van der Waals surface area contributed by atoms with E-state index in [1.165, 1.54) is 22.3 Å². The van der Waals surface area contributed by atoms with Gasteiger partial charge < -0.3 is 0 Å². The highest BCUT2D eigenvalue weighted by Gasteiger charge is 2.16. The zero-order valence-corrected chi connectivity index (χ0v) is 12.1. The van der Waals surface area contributed by atoms with Gasteiger partial charge in [-0.1, -0.05) is 54.1 Å². The third-order valence-electron chi connectivity index (χ3n) is 3.26. The maximum Gasteiger partial charge on any atom is 0.0717 e. The van der Waals surface area contributed by atoms with Gasteiger partial charge in [0, 0.05) is 14.1 Å². The Hall–Kier alpha value is -1.64. The van der Waals surface area contributed by atoms with E-state index in [1.54, 1.807) is 0 Å². The van der Waals surface area contributed by atoms with Crippen LogP contribution in [-0.2, 0) is 0 Å². The second kappa shape index (κ2) is 6.00. The van der Waals surface area contributed by atoms with E-state index in [4.69, 9.17) is 0 Å². The van der Waals surface area contributed by atoms with Gasteiger partial charge in [-0.15, -0.1) is 0 Å². The lowest BCUT2D eigenvalue weighted by atomic mass is 9.94. The van der Waals surface area contributed by atoms with Crippen molar-refractivity contribution in [3.8, 4) is 0 Å². The highest BCUT2D eigenvalue weighted by Crippen LogP contribution is 2.25. The van der Waals surface area contributed by atoms with Crippen LogP contribution in [0.3, 0.4) is 0 Å². The molecule has 0 heterocycles. The van der Waals surface area contributed by atoms with Crippen molar-refractivity contribution in [1.29, 1.82) is 0 Å². The monoisotopic (exact) mass is 254 g/mol. The number of nitrogens with one attached hydrogen (secondary N) is 1. The van der Waals surface area contributed by atoms with Crippen molar-refractivity contribution in [2.75, 3.05) is 14.1 Å². The summed E-state index contributed by atoms with van der Waals surface area (Å²) < 4.78 is 0. The van der Waals surface area contributed by atoms with Crippen LogP contribution in [0.1, 0.15) is 28.3 Å². The Bertz CT molecular complexity index is 532. The van der Waals surface area contributed by atoms with Gasteiger partial charge in [-0.2, -0.15) is 0 Å². The van der Waals surface area contributed by atoms with Crippen molar-refractivity contribution >= 4 is 0 Å². The molecule has 19 heavy (non-hydrogen) atoms. The molecule has 0 saturated carbocycles. The largest absolute Gasteiger partial charge is 0.250 e. The van der Waals surface area contributed by atoms with Gasteiger partial charge in [0.25, 0.3) is 0 Å². The molecule has 1 N–H and O–H groups in total. The molecule has 0 aliphatic heterocycles. The molecule has 2 aromatic rings. The van der Waals surface area contributed by atoms with E-state index in [1.807, 2.05) is 19.1 Å². The summed E-state index contributed by atoms with van der Waals surface area (Å²) in [6.45, 7) is 4.31. The lowest BCUT2D eigenvalue weighted by molar-refractivity contribution is 0.261. The number of benzene rings is 2. The Kier molecular flexibility index (Phi) is 4.35. The Morgan fingerprint density at radius 3 is 2.21 bits per heavy atom. The predicted molar refractivity (Wildman–Crippen MR) is 81.0 cm³/mol. The third kappa shape index (κ3) is 3.43. The first-order valence-corrected chi connectivity index (χ1v) is 6.63. The molecule has 0 spiro atoms. The molecule has 2 nitrogen and oxygen atoms in total. The van der Waals surface area contributed by atoms with Gasteiger partial charge in [0.05, 0.1) is 6.04 Å². The second-order valence-corrected chi connectivity index (χ2v) is 5.23. The summed E-state index contributed by atoms with van der Waals surface area (Å²) in [6.07, 6.45) is 0. The normalized spacial score (nSPS) is 12.7. The van der Waals surface area contributed by atoms with Gasteiger partial charge in [0.15, 0.2) is 0 Å². The van der Waals surface area contributed by atoms with Crippen molar-refractivity contribution in [1.82, 2.24) is 10.4 Å². The lowest BCUT2D eigenvalue weighted by Crippen LogP contribution is -2.35. The van der Waals surface area contributed by atoms with Crippen LogP contribution in [0.4, 0.5) is 0 Å². The molecule has 0 bridgehead atoms. The summed E-state index contributed by atoms with van der Waals surface area (Å²) in [5, 5.41) is 2.01. The molecule has 1 atom stereocenters. The summed E-state index contributed by atoms with van der Waals surface area (Å²) in [4.78, 5) is 0. The molecule has 0 radical (unpaired) electrons.